The van der Waals surface area contributed by atoms with Crippen LogP contribution in [0.2, 0.25) is 0 Å². The molecular weight excluding hydrogens is 381 g/mol. The van der Waals surface area contributed by atoms with Crippen molar-refractivity contribution in [1.82, 2.24) is 14.9 Å². The van der Waals surface area contributed by atoms with E-state index in [4.69, 9.17) is 0 Å². The Morgan fingerprint density at radius 1 is 1.14 bits per heavy atom. The predicted octanol–water partition coefficient (Wildman–Crippen LogP) is 2.62. The van der Waals surface area contributed by atoms with Gasteiger partial charge >= 0.3 is 0 Å². The zero-order valence-corrected chi connectivity index (χ0v) is 16.3. The second kappa shape index (κ2) is 7.93. The number of aryl methyl sites for hydroxylation is 1. The van der Waals surface area contributed by atoms with Crippen LogP contribution in [0.15, 0.2) is 60.9 Å². The maximum absolute atomic E-state index is 13.3. The third kappa shape index (κ3) is 4.83. The van der Waals surface area contributed by atoms with Gasteiger partial charge in [0.25, 0.3) is 5.91 Å². The first-order valence-corrected chi connectivity index (χ1v) is 10.6. The monoisotopic (exact) mass is 401 g/mol. The van der Waals surface area contributed by atoms with Crippen LogP contribution in [0.1, 0.15) is 33.4 Å². The van der Waals surface area contributed by atoms with Gasteiger partial charge in [-0.15, -0.1) is 0 Å². The van der Waals surface area contributed by atoms with Gasteiger partial charge in [-0.2, -0.15) is 0 Å². The summed E-state index contributed by atoms with van der Waals surface area (Å²) in [4.78, 5) is 17.1. The quantitative estimate of drug-likeness (QED) is 0.689. The van der Waals surface area contributed by atoms with E-state index in [2.05, 4.69) is 10.3 Å². The summed E-state index contributed by atoms with van der Waals surface area (Å²) in [5.41, 5.74) is 1.69. The molecule has 146 valence electrons. The molecule has 1 atom stereocenters. The molecule has 2 aromatic carbocycles. The molecule has 0 saturated carbocycles. The highest BCUT2D eigenvalue weighted by Crippen LogP contribution is 2.21. The van der Waals surface area contributed by atoms with Gasteiger partial charge in [0.1, 0.15) is 17.7 Å². The summed E-state index contributed by atoms with van der Waals surface area (Å²) >= 11 is 0. The molecule has 1 N–H and O–H groups in total. The molecule has 3 rings (SSSR count). The third-order valence-electron chi connectivity index (χ3n) is 4.24. The lowest BCUT2D eigenvalue weighted by atomic mass is 10.0. The molecule has 0 aliphatic rings. The van der Waals surface area contributed by atoms with Crippen molar-refractivity contribution in [3.63, 3.8) is 0 Å². The van der Waals surface area contributed by atoms with Gasteiger partial charge in [-0.3, -0.25) is 4.79 Å². The molecule has 0 aliphatic heterocycles. The van der Waals surface area contributed by atoms with E-state index < -0.39 is 15.9 Å². The van der Waals surface area contributed by atoms with Gasteiger partial charge in [-0.1, -0.05) is 24.3 Å². The lowest BCUT2D eigenvalue weighted by Gasteiger charge is -2.19. The fourth-order valence-electron chi connectivity index (χ4n) is 2.88. The molecule has 0 saturated heterocycles. The Morgan fingerprint density at radius 2 is 1.79 bits per heavy atom. The minimum atomic E-state index is -3.15. The summed E-state index contributed by atoms with van der Waals surface area (Å²) in [6.07, 6.45) is 4.55. The third-order valence-corrected chi connectivity index (χ3v) is 5.10. The van der Waals surface area contributed by atoms with Crippen LogP contribution in [0.25, 0.3) is 0 Å². The second-order valence-electron chi connectivity index (χ2n) is 6.62. The van der Waals surface area contributed by atoms with E-state index in [-0.39, 0.29) is 17.5 Å². The van der Waals surface area contributed by atoms with E-state index in [1.54, 1.807) is 53.4 Å². The van der Waals surface area contributed by atoms with Crippen molar-refractivity contribution in [2.24, 2.45) is 7.05 Å². The van der Waals surface area contributed by atoms with E-state index >= 15 is 0 Å². The van der Waals surface area contributed by atoms with Crippen molar-refractivity contribution in [2.45, 2.75) is 11.8 Å². The van der Waals surface area contributed by atoms with Crippen LogP contribution in [0, 0.1) is 5.82 Å². The standard InChI is InChI=1S/C20H20FN3O3S/c1-24-12-11-22-19(24)18(15-7-9-17(21)10-8-15)23-20(25)16-5-3-14(4-6-16)13-28(2,26)27/h3-12,18H,13H2,1-2H3,(H,23,25). The summed E-state index contributed by atoms with van der Waals surface area (Å²) in [6.45, 7) is 0. The molecule has 0 spiro atoms. The van der Waals surface area contributed by atoms with E-state index in [0.717, 1.165) is 6.26 Å². The van der Waals surface area contributed by atoms with Crippen LogP contribution in [-0.2, 0) is 22.6 Å². The van der Waals surface area contributed by atoms with E-state index in [9.17, 15) is 17.6 Å². The van der Waals surface area contributed by atoms with Crippen LogP contribution >= 0.6 is 0 Å². The van der Waals surface area contributed by atoms with Crippen molar-refractivity contribution >= 4 is 15.7 Å². The van der Waals surface area contributed by atoms with Crippen molar-refractivity contribution in [2.75, 3.05) is 6.26 Å². The molecule has 1 amide bonds. The Bertz CT molecular complexity index is 1070. The van der Waals surface area contributed by atoms with Crippen LogP contribution < -0.4 is 5.32 Å². The second-order valence-corrected chi connectivity index (χ2v) is 8.76. The van der Waals surface area contributed by atoms with E-state index in [1.165, 1.54) is 12.1 Å². The number of carbonyl (C=O) groups excluding carboxylic acids is 1. The first-order valence-electron chi connectivity index (χ1n) is 8.53. The fraction of sp³-hybridized carbons (Fsp3) is 0.200. The SMILES string of the molecule is Cn1ccnc1C(NC(=O)c1ccc(CS(C)(=O)=O)cc1)c1ccc(F)cc1. The highest BCUT2D eigenvalue weighted by atomic mass is 32.2. The number of rotatable bonds is 6. The summed E-state index contributed by atoms with van der Waals surface area (Å²) in [7, 11) is -1.33. The number of aromatic nitrogens is 2. The predicted molar refractivity (Wildman–Crippen MR) is 104 cm³/mol. The number of benzene rings is 2. The lowest BCUT2D eigenvalue weighted by molar-refractivity contribution is 0.0941. The molecule has 1 unspecified atom stereocenters. The number of carbonyl (C=O) groups is 1. The van der Waals surface area contributed by atoms with Crippen molar-refractivity contribution in [3.8, 4) is 0 Å². The van der Waals surface area contributed by atoms with Crippen molar-refractivity contribution < 1.29 is 17.6 Å². The average molecular weight is 401 g/mol. The Kier molecular flexibility index (Phi) is 5.60. The minimum Gasteiger partial charge on any atom is -0.338 e. The van der Waals surface area contributed by atoms with Gasteiger partial charge in [-0.25, -0.2) is 17.8 Å². The highest BCUT2D eigenvalue weighted by Gasteiger charge is 2.21. The number of nitrogens with zero attached hydrogens (tertiary/aromatic N) is 2. The summed E-state index contributed by atoms with van der Waals surface area (Å²) in [5, 5.41) is 2.92. The molecule has 0 bridgehead atoms. The van der Waals surface area contributed by atoms with Crippen LogP contribution in [0.5, 0.6) is 0 Å². The summed E-state index contributed by atoms with van der Waals surface area (Å²) in [6, 6.07) is 11.7. The normalized spacial score (nSPS) is 12.5. The van der Waals surface area contributed by atoms with Crippen LogP contribution in [0.3, 0.4) is 0 Å². The molecule has 0 aliphatic carbocycles. The number of hydrogen-bond acceptors (Lipinski definition) is 4. The van der Waals surface area contributed by atoms with Crippen LogP contribution in [-0.4, -0.2) is 30.1 Å². The van der Waals surface area contributed by atoms with Crippen LogP contribution in [0.4, 0.5) is 4.39 Å². The number of amides is 1. The molecule has 3 aromatic rings. The molecule has 1 aromatic heterocycles. The number of sulfone groups is 1. The molecule has 0 radical (unpaired) electrons. The molecule has 6 nitrogen and oxygen atoms in total. The summed E-state index contributed by atoms with van der Waals surface area (Å²) in [5.74, 6) is -0.188. The number of nitrogens with one attached hydrogen (secondary N) is 1. The van der Waals surface area contributed by atoms with Gasteiger partial charge in [0.05, 0.1) is 5.75 Å². The zero-order chi connectivity index (χ0) is 20.3. The molecular formula is C20H20FN3O3S. The fourth-order valence-corrected chi connectivity index (χ4v) is 3.67. The Hall–Kier alpha value is -3.00. The lowest BCUT2D eigenvalue weighted by Crippen LogP contribution is -2.31. The Balaban J connectivity index is 1.85. The molecule has 8 heteroatoms. The highest BCUT2D eigenvalue weighted by molar-refractivity contribution is 7.89. The first-order chi connectivity index (χ1) is 13.2. The van der Waals surface area contributed by atoms with Gasteiger partial charge in [0.15, 0.2) is 9.84 Å². The first kappa shape index (κ1) is 19.8. The van der Waals surface area contributed by atoms with Gasteiger partial charge in [0, 0.05) is 31.3 Å². The van der Waals surface area contributed by atoms with E-state index in [1.807, 2.05) is 7.05 Å². The zero-order valence-electron chi connectivity index (χ0n) is 15.5. The smallest absolute Gasteiger partial charge is 0.252 e. The number of hydrogen-bond donors (Lipinski definition) is 1. The van der Waals surface area contributed by atoms with Gasteiger partial charge in [0.2, 0.25) is 0 Å². The maximum atomic E-state index is 13.3. The minimum absolute atomic E-state index is 0.0830. The van der Waals surface area contributed by atoms with Gasteiger partial charge < -0.3 is 9.88 Å². The molecule has 0 fully saturated rings. The van der Waals surface area contributed by atoms with Gasteiger partial charge in [-0.05, 0) is 35.4 Å². The van der Waals surface area contributed by atoms with Crippen molar-refractivity contribution in [1.29, 1.82) is 0 Å². The summed E-state index contributed by atoms with van der Waals surface area (Å²) < 4.78 is 37.9. The maximum Gasteiger partial charge on any atom is 0.252 e. The van der Waals surface area contributed by atoms with Crippen molar-refractivity contribution in [3.05, 3.63) is 89.3 Å². The number of imidazole rings is 1. The average Bonchev–Trinajstić information content (AvgIpc) is 3.05. The molecule has 1 heterocycles. The molecule has 28 heavy (non-hydrogen) atoms. The topological polar surface area (TPSA) is 81.1 Å². The number of halogens is 1. The van der Waals surface area contributed by atoms with E-state index in [0.29, 0.717) is 22.5 Å². The Morgan fingerprint density at radius 3 is 2.32 bits per heavy atom. The largest absolute Gasteiger partial charge is 0.338 e. The Labute approximate surface area is 163 Å².